The second-order valence-corrected chi connectivity index (χ2v) is 6.55. The Kier molecular flexibility index (Phi) is 6.51. The van der Waals surface area contributed by atoms with Gasteiger partial charge in [-0.3, -0.25) is 14.9 Å². The first-order valence-corrected chi connectivity index (χ1v) is 9.60. The van der Waals surface area contributed by atoms with Gasteiger partial charge in [0.05, 0.1) is 11.0 Å². The predicted octanol–water partition coefficient (Wildman–Crippen LogP) is 3.29. The Morgan fingerprint density at radius 1 is 1.10 bits per heavy atom. The summed E-state index contributed by atoms with van der Waals surface area (Å²) >= 11 is 0. The summed E-state index contributed by atoms with van der Waals surface area (Å²) in [5.41, 5.74) is 1.86. The first kappa shape index (κ1) is 21.1. The largest absolute Gasteiger partial charge is 0.486 e. The maximum atomic E-state index is 12.5. The summed E-state index contributed by atoms with van der Waals surface area (Å²) in [6, 6.07) is 8.08. The van der Waals surface area contributed by atoms with E-state index in [0.29, 0.717) is 5.69 Å². The summed E-state index contributed by atoms with van der Waals surface area (Å²) in [5.74, 6) is -1.12. The molecule has 0 bridgehead atoms. The van der Waals surface area contributed by atoms with E-state index in [4.69, 9.17) is 14.2 Å². The van der Waals surface area contributed by atoms with Crippen LogP contribution >= 0.6 is 0 Å². The van der Waals surface area contributed by atoms with E-state index in [1.54, 1.807) is 0 Å². The molecular weight excluding hydrogens is 392 g/mol. The fraction of sp³-hybridized carbons (Fsp3) is 0.333. The highest BCUT2D eigenvalue weighted by Gasteiger charge is 2.27. The van der Waals surface area contributed by atoms with Crippen molar-refractivity contribution in [3.05, 3.63) is 57.1 Å². The zero-order valence-corrected chi connectivity index (χ0v) is 16.7. The molecule has 1 amide bonds. The first-order valence-electron chi connectivity index (χ1n) is 9.60. The highest BCUT2D eigenvalue weighted by atomic mass is 16.6. The first-order chi connectivity index (χ1) is 14.4. The van der Waals surface area contributed by atoms with Crippen molar-refractivity contribution in [2.24, 2.45) is 0 Å². The van der Waals surface area contributed by atoms with Gasteiger partial charge >= 0.3 is 5.97 Å². The van der Waals surface area contributed by atoms with Gasteiger partial charge in [0, 0.05) is 11.8 Å². The number of esters is 1. The monoisotopic (exact) mass is 414 g/mol. The molecule has 0 aliphatic carbocycles. The SMILES string of the molecule is CCc1cccc(CC)c1NC(=O)COC(=O)c1cc2c(cc1[N+](=O)[O-])OCCO2. The summed E-state index contributed by atoms with van der Waals surface area (Å²) in [4.78, 5) is 35.5. The second kappa shape index (κ2) is 9.25. The molecule has 0 fully saturated rings. The molecular formula is C21H22N2O7. The summed E-state index contributed by atoms with van der Waals surface area (Å²) in [6.07, 6.45) is 1.46. The van der Waals surface area contributed by atoms with Gasteiger partial charge in [0.2, 0.25) is 0 Å². The van der Waals surface area contributed by atoms with Crippen LogP contribution < -0.4 is 14.8 Å². The molecule has 9 nitrogen and oxygen atoms in total. The number of fused-ring (bicyclic) bond motifs is 1. The van der Waals surface area contributed by atoms with Crippen molar-refractivity contribution in [2.75, 3.05) is 25.1 Å². The van der Waals surface area contributed by atoms with Crippen LogP contribution in [-0.2, 0) is 22.4 Å². The second-order valence-electron chi connectivity index (χ2n) is 6.55. The average Bonchev–Trinajstić information content (AvgIpc) is 2.76. The third-order valence-corrected chi connectivity index (χ3v) is 4.67. The number of carbonyl (C=O) groups is 2. The fourth-order valence-electron chi connectivity index (χ4n) is 3.18. The summed E-state index contributed by atoms with van der Waals surface area (Å²) < 4.78 is 15.7. The van der Waals surface area contributed by atoms with Crippen molar-refractivity contribution in [3.63, 3.8) is 0 Å². The van der Waals surface area contributed by atoms with Crippen molar-refractivity contribution in [3.8, 4) is 11.5 Å². The molecule has 1 aliphatic heterocycles. The van der Waals surface area contributed by atoms with E-state index in [-0.39, 0.29) is 30.3 Å². The minimum Gasteiger partial charge on any atom is -0.486 e. The van der Waals surface area contributed by atoms with E-state index in [2.05, 4.69) is 5.32 Å². The zero-order chi connectivity index (χ0) is 21.7. The number of anilines is 1. The lowest BCUT2D eigenvalue weighted by atomic mass is 10.0. The molecule has 0 aromatic heterocycles. The number of amides is 1. The van der Waals surface area contributed by atoms with Crippen LogP contribution in [0.4, 0.5) is 11.4 Å². The number of nitrogens with zero attached hydrogens (tertiary/aromatic N) is 1. The number of hydrogen-bond acceptors (Lipinski definition) is 7. The smallest absolute Gasteiger partial charge is 0.345 e. The Labute approximate surface area is 173 Å². The van der Waals surface area contributed by atoms with Gasteiger partial charge in [-0.15, -0.1) is 0 Å². The highest BCUT2D eigenvalue weighted by Crippen LogP contribution is 2.36. The van der Waals surface area contributed by atoms with E-state index in [0.717, 1.165) is 30.0 Å². The van der Waals surface area contributed by atoms with Crippen LogP contribution in [-0.4, -0.2) is 36.6 Å². The van der Waals surface area contributed by atoms with Gasteiger partial charge < -0.3 is 19.5 Å². The molecule has 3 rings (SSSR count). The molecule has 2 aromatic carbocycles. The van der Waals surface area contributed by atoms with Crippen LogP contribution in [0.3, 0.4) is 0 Å². The third-order valence-electron chi connectivity index (χ3n) is 4.67. The molecule has 0 spiro atoms. The number of aryl methyl sites for hydroxylation is 2. The van der Waals surface area contributed by atoms with E-state index >= 15 is 0 Å². The van der Waals surface area contributed by atoms with Crippen molar-refractivity contribution in [1.82, 2.24) is 0 Å². The van der Waals surface area contributed by atoms with E-state index in [1.807, 2.05) is 32.0 Å². The zero-order valence-electron chi connectivity index (χ0n) is 16.7. The molecule has 9 heteroatoms. The van der Waals surface area contributed by atoms with E-state index in [9.17, 15) is 19.7 Å². The number of para-hydroxylation sites is 1. The maximum absolute atomic E-state index is 12.5. The minimum absolute atomic E-state index is 0.186. The van der Waals surface area contributed by atoms with E-state index in [1.165, 1.54) is 6.07 Å². The van der Waals surface area contributed by atoms with Crippen LogP contribution in [0.15, 0.2) is 30.3 Å². The average molecular weight is 414 g/mol. The normalized spacial score (nSPS) is 12.2. The summed E-state index contributed by atoms with van der Waals surface area (Å²) in [5, 5.41) is 14.1. The molecule has 0 saturated heterocycles. The lowest BCUT2D eigenvalue weighted by Crippen LogP contribution is -2.23. The number of ether oxygens (including phenoxy) is 3. The van der Waals surface area contributed by atoms with Crippen LogP contribution in [0.5, 0.6) is 11.5 Å². The number of nitro benzene ring substituents is 1. The Hall–Kier alpha value is -3.62. The van der Waals surface area contributed by atoms with Gasteiger partial charge in [-0.2, -0.15) is 0 Å². The quantitative estimate of drug-likeness (QED) is 0.420. The van der Waals surface area contributed by atoms with Gasteiger partial charge in [0.1, 0.15) is 18.8 Å². The Bertz CT molecular complexity index is 965. The number of benzene rings is 2. The molecule has 0 radical (unpaired) electrons. The number of carbonyl (C=O) groups excluding carboxylic acids is 2. The summed E-state index contributed by atoms with van der Waals surface area (Å²) in [6.45, 7) is 3.90. The fourth-order valence-corrected chi connectivity index (χ4v) is 3.18. The van der Waals surface area contributed by atoms with Crippen LogP contribution in [0.1, 0.15) is 35.3 Å². The van der Waals surface area contributed by atoms with E-state index < -0.39 is 29.1 Å². The molecule has 158 valence electrons. The number of hydrogen-bond donors (Lipinski definition) is 1. The maximum Gasteiger partial charge on any atom is 0.345 e. The molecule has 1 heterocycles. The molecule has 1 N–H and O–H groups in total. The molecule has 30 heavy (non-hydrogen) atoms. The van der Waals surface area contributed by atoms with Crippen LogP contribution in [0, 0.1) is 10.1 Å². The van der Waals surface area contributed by atoms with Crippen molar-refractivity contribution in [1.29, 1.82) is 0 Å². The Morgan fingerprint density at radius 2 is 1.70 bits per heavy atom. The third kappa shape index (κ3) is 4.51. The van der Waals surface area contributed by atoms with Gasteiger partial charge in [-0.1, -0.05) is 32.0 Å². The van der Waals surface area contributed by atoms with Crippen LogP contribution in [0.25, 0.3) is 0 Å². The number of rotatable bonds is 7. The molecule has 1 aliphatic rings. The molecule has 0 atom stereocenters. The van der Waals surface area contributed by atoms with Gasteiger partial charge in [-0.25, -0.2) is 4.79 Å². The molecule has 0 saturated carbocycles. The minimum atomic E-state index is -0.992. The standard InChI is InChI=1S/C21H22N2O7/c1-3-13-6-5-7-14(4-2)20(13)22-19(24)12-30-21(25)15-10-17-18(29-9-8-28-17)11-16(15)23(26)27/h5-7,10-11H,3-4,8-9,12H2,1-2H3,(H,22,24). The number of nitrogens with one attached hydrogen (secondary N) is 1. The van der Waals surface area contributed by atoms with Gasteiger partial charge in [0.25, 0.3) is 11.6 Å². The Morgan fingerprint density at radius 3 is 2.27 bits per heavy atom. The topological polar surface area (TPSA) is 117 Å². The number of nitro groups is 1. The van der Waals surface area contributed by atoms with Crippen molar-refractivity contribution in [2.45, 2.75) is 26.7 Å². The van der Waals surface area contributed by atoms with Crippen molar-refractivity contribution >= 4 is 23.3 Å². The van der Waals surface area contributed by atoms with Gasteiger partial charge in [-0.05, 0) is 24.0 Å². The summed E-state index contributed by atoms with van der Waals surface area (Å²) in [7, 11) is 0. The van der Waals surface area contributed by atoms with Gasteiger partial charge in [0.15, 0.2) is 18.1 Å². The van der Waals surface area contributed by atoms with Crippen LogP contribution in [0.2, 0.25) is 0 Å². The predicted molar refractivity (Wildman–Crippen MR) is 108 cm³/mol. The lowest BCUT2D eigenvalue weighted by Gasteiger charge is -2.18. The molecule has 0 unspecified atom stereocenters. The van der Waals surface area contributed by atoms with Crippen molar-refractivity contribution < 1.29 is 28.7 Å². The molecule has 2 aromatic rings. The highest BCUT2D eigenvalue weighted by molar-refractivity contribution is 5.98. The Balaban J connectivity index is 1.73. The lowest BCUT2D eigenvalue weighted by molar-refractivity contribution is -0.385.